The molecule has 0 radical (unpaired) electrons. The summed E-state index contributed by atoms with van der Waals surface area (Å²) in [6.45, 7) is 1.24. The van der Waals surface area contributed by atoms with E-state index in [0.717, 1.165) is 0 Å². The van der Waals surface area contributed by atoms with Gasteiger partial charge in [0, 0.05) is 25.9 Å². The van der Waals surface area contributed by atoms with E-state index < -0.39 is 48.0 Å². The second-order valence-electron chi connectivity index (χ2n) is 8.14. The molecule has 1 aromatic heterocycles. The molecule has 1 fully saturated rings. The predicted molar refractivity (Wildman–Crippen MR) is 120 cm³/mol. The van der Waals surface area contributed by atoms with E-state index in [4.69, 9.17) is 5.11 Å². The molecule has 0 spiro atoms. The molecule has 1 aliphatic heterocycles. The minimum atomic E-state index is -1.22. The van der Waals surface area contributed by atoms with Gasteiger partial charge in [0.05, 0.1) is 26.0 Å². The van der Waals surface area contributed by atoms with Gasteiger partial charge in [0.1, 0.15) is 23.6 Å². The zero-order valence-electron chi connectivity index (χ0n) is 19.2. The molecule has 0 aromatic carbocycles. The second-order valence-corrected chi connectivity index (χ2v) is 8.14. The van der Waals surface area contributed by atoms with Gasteiger partial charge in [0.15, 0.2) is 7.31 Å². The number of hydrogen-bond donors (Lipinski definition) is 4. The van der Waals surface area contributed by atoms with Crippen molar-refractivity contribution in [1.29, 1.82) is 0 Å². The van der Waals surface area contributed by atoms with Gasteiger partial charge in [-0.15, -0.1) is 5.10 Å². The predicted octanol–water partition coefficient (Wildman–Crippen LogP) is -3.13. The van der Waals surface area contributed by atoms with E-state index in [-0.39, 0.29) is 51.1 Å². The third kappa shape index (κ3) is 6.41. The van der Waals surface area contributed by atoms with Gasteiger partial charge in [-0.25, -0.2) is 9.48 Å². The van der Waals surface area contributed by atoms with Gasteiger partial charge >= 0.3 is 17.9 Å². The van der Waals surface area contributed by atoms with Crippen LogP contribution in [0, 0.1) is 0 Å². The van der Waals surface area contributed by atoms with E-state index in [1.165, 1.54) is 34.6 Å². The first-order valence-electron chi connectivity index (χ1n) is 10.8. The number of rotatable bonds is 13. The Hall–Kier alpha value is -3.26. The molecule has 184 valence electrons. The number of carbonyl (C=O) groups is 5. The van der Waals surface area contributed by atoms with Gasteiger partial charge in [0.25, 0.3) is 0 Å². The zero-order chi connectivity index (χ0) is 25.6. The van der Waals surface area contributed by atoms with Crippen LogP contribution in [0.4, 0.5) is 0 Å². The highest BCUT2D eigenvalue weighted by Gasteiger charge is 2.43. The van der Waals surface area contributed by atoms with Crippen molar-refractivity contribution >= 4 is 44.6 Å². The van der Waals surface area contributed by atoms with Crippen LogP contribution in [0.1, 0.15) is 44.0 Å². The summed E-state index contributed by atoms with van der Waals surface area (Å²) in [6.07, 6.45) is 1.14. The topological polar surface area (TPSA) is 195 Å². The van der Waals surface area contributed by atoms with E-state index in [1.807, 2.05) is 0 Å². The summed E-state index contributed by atoms with van der Waals surface area (Å²) >= 11 is 0. The lowest BCUT2D eigenvalue weighted by Crippen LogP contribution is -2.49. The molecular weight excluding hydrogens is 450 g/mol. The number of nitrogens with zero attached hydrogens (tertiary/aromatic N) is 5. The van der Waals surface area contributed by atoms with E-state index in [0.29, 0.717) is 0 Å². The number of Topliss-reactive ketones (excluding diaryl/α,β-unsaturated/α-hetero) is 1. The first-order valence-corrected chi connectivity index (χ1v) is 10.8. The maximum absolute atomic E-state index is 13.0. The lowest BCUT2D eigenvalue weighted by atomic mass is 9.64. The Morgan fingerprint density at radius 1 is 1.29 bits per heavy atom. The molecule has 4 unspecified atom stereocenters. The average molecular weight is 478 g/mol. The maximum atomic E-state index is 13.0. The number of nitrogens with one attached hydrogen (secondary N) is 1. The van der Waals surface area contributed by atoms with Crippen LogP contribution in [0.25, 0.3) is 0 Å². The monoisotopic (exact) mass is 478 g/mol. The van der Waals surface area contributed by atoms with Gasteiger partial charge in [-0.05, 0) is 20.4 Å². The Morgan fingerprint density at radius 2 is 1.97 bits per heavy atom. The first-order chi connectivity index (χ1) is 16.0. The molecule has 4 atom stereocenters. The third-order valence-corrected chi connectivity index (χ3v) is 5.75. The smallest absolute Gasteiger partial charge is 0.326 e. The largest absolute Gasteiger partial charge is 0.481 e. The minimum absolute atomic E-state index is 0.00502. The second kappa shape index (κ2) is 11.7. The molecule has 1 amide bonds. The molecule has 34 heavy (non-hydrogen) atoms. The quantitative estimate of drug-likeness (QED) is 0.209. The van der Waals surface area contributed by atoms with Gasteiger partial charge in [0.2, 0.25) is 5.91 Å². The average Bonchev–Trinajstić information content (AvgIpc) is 3.40. The molecule has 0 saturated carbocycles. The van der Waals surface area contributed by atoms with Crippen molar-refractivity contribution in [3.8, 4) is 0 Å². The molecule has 14 nitrogen and oxygen atoms in total. The van der Waals surface area contributed by atoms with Crippen LogP contribution in [-0.4, -0.2) is 117 Å². The van der Waals surface area contributed by atoms with Crippen LogP contribution < -0.4 is 5.32 Å². The Balaban J connectivity index is 2.26. The standard InChI is InChI=1S/C18H28B2N6O8/c1-9(27)6-25(20-19)15(18(33)34)12-8-26(23-22-12)10-5-13(17(31)32)24(7-10)16(30)11(21-2)3-4-14(28)29/h8,10-11,13,15,20-21H,3-7,19H2,1-2H3,(H,28,29)(H,31,32)(H,33,34). The van der Waals surface area contributed by atoms with E-state index >= 15 is 0 Å². The highest BCUT2D eigenvalue weighted by molar-refractivity contribution is 6.87. The summed E-state index contributed by atoms with van der Waals surface area (Å²) in [4.78, 5) is 61.7. The van der Waals surface area contributed by atoms with E-state index in [9.17, 15) is 34.2 Å². The summed E-state index contributed by atoms with van der Waals surface area (Å²) in [5.41, 5.74) is 0.0850. The zero-order valence-corrected chi connectivity index (χ0v) is 19.2. The number of carboxylic acids is 3. The lowest BCUT2D eigenvalue weighted by Gasteiger charge is -2.26. The molecule has 2 rings (SSSR count). The fourth-order valence-corrected chi connectivity index (χ4v) is 4.08. The highest BCUT2D eigenvalue weighted by atomic mass is 16.4. The van der Waals surface area contributed by atoms with Crippen LogP contribution in [-0.2, 0) is 24.0 Å². The number of aromatic nitrogens is 3. The minimum Gasteiger partial charge on any atom is -0.481 e. The molecule has 16 heteroatoms. The molecule has 0 bridgehead atoms. The normalized spacial score (nSPS) is 19.6. The number of likely N-dealkylation sites (N-methyl/N-ethyl adjacent to an activating group) is 1. The molecule has 1 aromatic rings. The number of likely N-dealkylation sites (tertiary alicyclic amines) is 1. The Bertz CT molecular complexity index is 943. The van der Waals surface area contributed by atoms with Crippen molar-refractivity contribution in [1.82, 2.24) is 30.0 Å². The maximum Gasteiger partial charge on any atom is 0.326 e. The first kappa shape index (κ1) is 27.0. The molecule has 1 aliphatic rings. The van der Waals surface area contributed by atoms with E-state index in [2.05, 4.69) is 15.6 Å². The summed E-state index contributed by atoms with van der Waals surface area (Å²) in [7, 11) is 3.48. The molecular formula is C18H28B2N6O8. The summed E-state index contributed by atoms with van der Waals surface area (Å²) in [5.74, 6) is -4.25. The summed E-state index contributed by atoms with van der Waals surface area (Å²) in [6, 6.07) is -3.84. The van der Waals surface area contributed by atoms with Gasteiger partial charge < -0.3 is 30.3 Å². The van der Waals surface area contributed by atoms with Crippen LogP contribution in [0.5, 0.6) is 0 Å². The SMILES string of the molecule is BBN(CC(C)=O)C(C(=O)O)c1cn(C2CC(C(=O)O)N(C(=O)C(CCC(=O)O)NC)C2)nn1. The molecule has 2 heterocycles. The lowest BCUT2D eigenvalue weighted by molar-refractivity contribution is -0.149. The van der Waals surface area contributed by atoms with Gasteiger partial charge in [-0.1, -0.05) is 5.21 Å². The van der Waals surface area contributed by atoms with E-state index in [1.54, 1.807) is 7.74 Å². The van der Waals surface area contributed by atoms with Crippen molar-refractivity contribution in [2.24, 2.45) is 0 Å². The fraction of sp³-hybridized carbons (Fsp3) is 0.611. The summed E-state index contributed by atoms with van der Waals surface area (Å²) in [5, 5.41) is 38.9. The van der Waals surface area contributed by atoms with Crippen LogP contribution >= 0.6 is 0 Å². The van der Waals surface area contributed by atoms with Crippen molar-refractivity contribution in [3.05, 3.63) is 11.9 Å². The third-order valence-electron chi connectivity index (χ3n) is 5.75. The van der Waals surface area contributed by atoms with Crippen LogP contribution in [0.3, 0.4) is 0 Å². The van der Waals surface area contributed by atoms with Crippen LogP contribution in [0.15, 0.2) is 6.20 Å². The van der Waals surface area contributed by atoms with Gasteiger partial charge in [-0.3, -0.25) is 19.2 Å². The Kier molecular flexibility index (Phi) is 9.32. The fourth-order valence-electron chi connectivity index (χ4n) is 4.08. The number of hydrogen-bond acceptors (Lipinski definition) is 9. The number of amides is 1. The summed E-state index contributed by atoms with van der Waals surface area (Å²) < 4.78 is 1.34. The van der Waals surface area contributed by atoms with Crippen molar-refractivity contribution in [3.63, 3.8) is 0 Å². The van der Waals surface area contributed by atoms with Crippen LogP contribution in [0.2, 0.25) is 0 Å². The van der Waals surface area contributed by atoms with Crippen molar-refractivity contribution < 1.29 is 39.3 Å². The number of ketones is 1. The molecule has 4 N–H and O–H groups in total. The number of carbonyl (C=O) groups excluding carboxylic acids is 2. The van der Waals surface area contributed by atoms with Gasteiger partial charge in [-0.2, -0.15) is 0 Å². The number of carboxylic acid groups (broad SMARTS) is 3. The molecule has 0 aliphatic carbocycles. The van der Waals surface area contributed by atoms with Crippen molar-refractivity contribution in [2.45, 2.75) is 50.4 Å². The molecule has 1 saturated heterocycles. The number of aliphatic carboxylic acids is 3. The van der Waals surface area contributed by atoms with Crippen molar-refractivity contribution in [2.75, 3.05) is 20.1 Å². The Morgan fingerprint density at radius 3 is 2.47 bits per heavy atom. The Labute approximate surface area is 196 Å². The highest BCUT2D eigenvalue weighted by Crippen LogP contribution is 2.29.